The fourth-order valence-corrected chi connectivity index (χ4v) is 2.85. The average Bonchev–Trinajstić information content (AvgIpc) is 3.48. The number of benzene rings is 2. The number of rotatable bonds is 6. The van der Waals surface area contributed by atoms with Gasteiger partial charge in [-0.25, -0.2) is 0 Å². The molecule has 0 unspecified atom stereocenters. The number of hydrogen-bond donors (Lipinski definition) is 1. The van der Waals surface area contributed by atoms with E-state index in [0.29, 0.717) is 19.4 Å². The first kappa shape index (κ1) is 17.0. The number of hydrogen-bond acceptors (Lipinski definition) is 3. The summed E-state index contributed by atoms with van der Waals surface area (Å²) < 4.78 is 5.75. The van der Waals surface area contributed by atoms with Crippen molar-refractivity contribution in [2.45, 2.75) is 19.4 Å². The summed E-state index contributed by atoms with van der Waals surface area (Å²) in [5, 5.41) is 2.59. The highest BCUT2D eigenvalue weighted by molar-refractivity contribution is 6.13. The largest absolute Gasteiger partial charge is 0.489 e. The van der Waals surface area contributed by atoms with Crippen LogP contribution in [0.1, 0.15) is 18.4 Å². The summed E-state index contributed by atoms with van der Waals surface area (Å²) in [5.74, 6) is 0.373. The normalized spacial score (nSPS) is 14.5. The van der Waals surface area contributed by atoms with Crippen LogP contribution in [0.25, 0.3) is 0 Å². The Morgan fingerprint density at radius 3 is 2.28 bits per heavy atom. The third-order valence-corrected chi connectivity index (χ3v) is 4.60. The first-order chi connectivity index (χ1) is 12.1. The zero-order chi connectivity index (χ0) is 17.9. The zero-order valence-corrected chi connectivity index (χ0v) is 14.5. The zero-order valence-electron chi connectivity index (χ0n) is 14.5. The first-order valence-electron chi connectivity index (χ1n) is 8.34. The lowest BCUT2D eigenvalue weighted by molar-refractivity contribution is -0.135. The summed E-state index contributed by atoms with van der Waals surface area (Å²) in [6, 6.07) is 17.3. The Bertz CT molecular complexity index is 752. The fraction of sp³-hybridized carbons (Fsp3) is 0.300. The van der Waals surface area contributed by atoms with Gasteiger partial charge in [0, 0.05) is 19.8 Å². The van der Waals surface area contributed by atoms with Gasteiger partial charge in [0.05, 0.1) is 0 Å². The lowest BCUT2D eigenvalue weighted by atomic mass is 10.0. The van der Waals surface area contributed by atoms with Gasteiger partial charge >= 0.3 is 0 Å². The molecule has 1 saturated carbocycles. The van der Waals surface area contributed by atoms with E-state index in [9.17, 15) is 9.59 Å². The van der Waals surface area contributed by atoms with Gasteiger partial charge in [0.2, 0.25) is 11.8 Å². The molecule has 0 aromatic heterocycles. The third kappa shape index (κ3) is 3.50. The molecule has 0 heterocycles. The Morgan fingerprint density at radius 2 is 1.72 bits per heavy atom. The van der Waals surface area contributed by atoms with Crippen LogP contribution in [0, 0.1) is 5.41 Å². The second-order valence-electron chi connectivity index (χ2n) is 6.29. The number of nitrogens with zero attached hydrogens (tertiary/aromatic N) is 1. The Kier molecular flexibility index (Phi) is 4.74. The summed E-state index contributed by atoms with van der Waals surface area (Å²) >= 11 is 0. The van der Waals surface area contributed by atoms with Gasteiger partial charge in [-0.2, -0.15) is 0 Å². The molecule has 0 saturated heterocycles. The van der Waals surface area contributed by atoms with Crippen LogP contribution < -0.4 is 15.0 Å². The number of carbonyl (C=O) groups excluding carboxylic acids is 2. The van der Waals surface area contributed by atoms with E-state index in [2.05, 4.69) is 5.32 Å². The second-order valence-corrected chi connectivity index (χ2v) is 6.29. The molecule has 2 aromatic carbocycles. The smallest absolute Gasteiger partial charge is 0.242 e. The highest BCUT2D eigenvalue weighted by atomic mass is 16.5. The van der Waals surface area contributed by atoms with Crippen LogP contribution in [0.5, 0.6) is 5.75 Å². The molecule has 1 aliphatic carbocycles. The molecule has 5 nitrogen and oxygen atoms in total. The third-order valence-electron chi connectivity index (χ3n) is 4.60. The lowest BCUT2D eigenvalue weighted by Gasteiger charge is -2.22. The van der Waals surface area contributed by atoms with E-state index in [0.717, 1.165) is 17.0 Å². The number of anilines is 1. The molecule has 130 valence electrons. The molecule has 25 heavy (non-hydrogen) atoms. The van der Waals surface area contributed by atoms with Crippen LogP contribution in [0.3, 0.4) is 0 Å². The van der Waals surface area contributed by atoms with E-state index in [-0.39, 0.29) is 11.8 Å². The maximum absolute atomic E-state index is 12.7. The van der Waals surface area contributed by atoms with Crippen molar-refractivity contribution in [1.82, 2.24) is 5.32 Å². The highest BCUT2D eigenvalue weighted by Gasteiger charge is 2.57. The van der Waals surface area contributed by atoms with Crippen molar-refractivity contribution in [3.8, 4) is 5.75 Å². The van der Waals surface area contributed by atoms with Crippen LogP contribution in [0.15, 0.2) is 54.6 Å². The van der Waals surface area contributed by atoms with Gasteiger partial charge in [-0.1, -0.05) is 30.3 Å². The first-order valence-corrected chi connectivity index (χ1v) is 8.34. The van der Waals surface area contributed by atoms with Gasteiger partial charge in [0.25, 0.3) is 0 Å². The van der Waals surface area contributed by atoms with E-state index in [1.165, 1.54) is 0 Å². The van der Waals surface area contributed by atoms with Crippen molar-refractivity contribution < 1.29 is 14.3 Å². The topological polar surface area (TPSA) is 58.6 Å². The molecule has 0 atom stereocenters. The van der Waals surface area contributed by atoms with Crippen molar-refractivity contribution in [2.75, 3.05) is 19.0 Å². The Labute approximate surface area is 147 Å². The predicted molar refractivity (Wildman–Crippen MR) is 96.4 cm³/mol. The van der Waals surface area contributed by atoms with E-state index < -0.39 is 5.41 Å². The molecule has 0 radical (unpaired) electrons. The SMILES string of the molecule is CNC(=O)C1(C(=O)N(C)c2ccc(OCc3ccccc3)cc2)CC1. The maximum atomic E-state index is 12.7. The molecule has 1 fully saturated rings. The molecule has 0 aliphatic heterocycles. The monoisotopic (exact) mass is 338 g/mol. The van der Waals surface area contributed by atoms with Gasteiger partial charge in [-0.3, -0.25) is 9.59 Å². The molecule has 2 aromatic rings. The number of carbonyl (C=O) groups is 2. The summed E-state index contributed by atoms with van der Waals surface area (Å²) in [6.07, 6.45) is 1.21. The molecule has 1 N–H and O–H groups in total. The molecule has 5 heteroatoms. The van der Waals surface area contributed by atoms with Crippen molar-refractivity contribution >= 4 is 17.5 Å². The second kappa shape index (κ2) is 6.97. The van der Waals surface area contributed by atoms with Crippen LogP contribution in [-0.2, 0) is 16.2 Å². The fourth-order valence-electron chi connectivity index (χ4n) is 2.85. The van der Waals surface area contributed by atoms with Crippen LogP contribution in [0.2, 0.25) is 0 Å². The standard InChI is InChI=1S/C20H22N2O3/c1-21-18(23)20(12-13-20)19(24)22(2)16-8-10-17(11-9-16)25-14-15-6-4-3-5-7-15/h3-11H,12-14H2,1-2H3,(H,21,23). The van der Waals surface area contributed by atoms with Gasteiger partial charge in [0.15, 0.2) is 0 Å². The Morgan fingerprint density at radius 1 is 1.08 bits per heavy atom. The highest BCUT2D eigenvalue weighted by Crippen LogP contribution is 2.47. The predicted octanol–water partition coefficient (Wildman–Crippen LogP) is 2.75. The molecule has 1 aliphatic rings. The van der Waals surface area contributed by atoms with Crippen molar-refractivity contribution in [3.63, 3.8) is 0 Å². The molecular formula is C20H22N2O3. The number of nitrogens with one attached hydrogen (secondary N) is 1. The van der Waals surface area contributed by atoms with Crippen LogP contribution >= 0.6 is 0 Å². The molecule has 0 spiro atoms. The van der Waals surface area contributed by atoms with E-state index in [4.69, 9.17) is 4.74 Å². The minimum absolute atomic E-state index is 0.162. The molecular weight excluding hydrogens is 316 g/mol. The summed E-state index contributed by atoms with van der Waals surface area (Å²) in [7, 11) is 3.26. The minimum atomic E-state index is -0.883. The molecule has 3 rings (SSSR count). The van der Waals surface area contributed by atoms with Crippen molar-refractivity contribution in [3.05, 3.63) is 60.2 Å². The van der Waals surface area contributed by atoms with Gasteiger partial charge in [0.1, 0.15) is 17.8 Å². The van der Waals surface area contributed by atoms with Crippen LogP contribution in [-0.4, -0.2) is 25.9 Å². The average molecular weight is 338 g/mol. The van der Waals surface area contributed by atoms with E-state index in [1.54, 1.807) is 19.0 Å². The quantitative estimate of drug-likeness (QED) is 0.824. The van der Waals surface area contributed by atoms with Crippen molar-refractivity contribution in [2.24, 2.45) is 5.41 Å². The minimum Gasteiger partial charge on any atom is -0.489 e. The number of amides is 2. The summed E-state index contributed by atoms with van der Waals surface area (Å²) in [5.41, 5.74) is 0.957. The van der Waals surface area contributed by atoms with Gasteiger partial charge in [-0.05, 0) is 42.7 Å². The Balaban J connectivity index is 1.64. The van der Waals surface area contributed by atoms with E-state index >= 15 is 0 Å². The van der Waals surface area contributed by atoms with Crippen molar-refractivity contribution in [1.29, 1.82) is 0 Å². The Hall–Kier alpha value is -2.82. The van der Waals surface area contributed by atoms with E-state index in [1.807, 2.05) is 54.6 Å². The maximum Gasteiger partial charge on any atom is 0.242 e. The summed E-state index contributed by atoms with van der Waals surface area (Å²) in [6.45, 7) is 0.495. The summed E-state index contributed by atoms with van der Waals surface area (Å²) in [4.78, 5) is 26.2. The van der Waals surface area contributed by atoms with Crippen LogP contribution in [0.4, 0.5) is 5.69 Å². The molecule has 2 amide bonds. The molecule has 0 bridgehead atoms. The number of ether oxygens (including phenoxy) is 1. The van der Waals surface area contributed by atoms with Gasteiger partial charge < -0.3 is 15.0 Å². The lowest BCUT2D eigenvalue weighted by Crippen LogP contribution is -2.42. The van der Waals surface area contributed by atoms with Gasteiger partial charge in [-0.15, -0.1) is 0 Å².